The molecule has 0 spiro atoms. The van der Waals surface area contributed by atoms with Gasteiger partial charge in [-0.25, -0.2) is 4.79 Å². The maximum atomic E-state index is 13.8. The Balaban J connectivity index is 6.41. The molecule has 0 aromatic heterocycles. The number of nitrogens with two attached hydrogens (primary N) is 1. The molecule has 0 saturated carbocycles. The molecule has 0 heterocycles. The molecule has 15 N–H and O–H groups in total. The fraction of sp³-hybridized carbons (Fsp3) is 0.732. The van der Waals surface area contributed by atoms with E-state index in [1.54, 1.807) is 48.5 Å². The van der Waals surface area contributed by atoms with Crippen molar-refractivity contribution in [3.8, 4) is 0 Å². The predicted molar refractivity (Wildman–Crippen MR) is 233 cm³/mol. The zero-order valence-electron chi connectivity index (χ0n) is 39.0. The molecule has 0 radical (unpaired) electrons. The van der Waals surface area contributed by atoms with Gasteiger partial charge in [0.2, 0.25) is 47.3 Å². The Morgan fingerprint density at radius 3 is 1.27 bits per heavy atom. The number of carbonyl (C=O) groups excluding carboxylic acids is 8. The molecule has 8 amide bonds. The highest BCUT2D eigenvalue weighted by molar-refractivity contribution is 5.99. The summed E-state index contributed by atoms with van der Waals surface area (Å²) in [5.41, 5.74) is 5.61. The summed E-state index contributed by atoms with van der Waals surface area (Å²) in [7, 11) is 0. The number of nitrogens with one attached hydrogen (secondary N) is 8. The average molecular weight is 946 g/mol. The molecule has 0 saturated heterocycles. The van der Waals surface area contributed by atoms with Gasteiger partial charge >= 0.3 is 17.9 Å². The molecule has 0 unspecified atom stereocenters. The lowest BCUT2D eigenvalue weighted by atomic mass is 9.96. The third kappa shape index (κ3) is 20.9. The third-order valence-electron chi connectivity index (χ3n) is 10.8. The second-order valence-electron chi connectivity index (χ2n) is 16.8. The minimum absolute atomic E-state index is 0.0177. The average Bonchev–Trinajstić information content (AvgIpc) is 3.24. The van der Waals surface area contributed by atoms with Gasteiger partial charge in [0, 0.05) is 0 Å². The Labute approximate surface area is 383 Å². The van der Waals surface area contributed by atoms with Crippen LogP contribution in [0.2, 0.25) is 0 Å². The van der Waals surface area contributed by atoms with Gasteiger partial charge in [-0.15, -0.1) is 0 Å². The molecule has 0 aromatic carbocycles. The van der Waals surface area contributed by atoms with E-state index in [0.29, 0.717) is 12.8 Å². The molecule has 0 bridgehead atoms. The SMILES string of the molecule is CC[C@H](C)[C@H](NC(=O)CNC(=O)[C@H](CC(=O)O)NC(=O)[C@H](CC(=O)O)NC(=O)[C@@H](NC(=O)[C@@H](NC(=O)[C@H](CC(C)C)NC(=O)[C@@H](NC(=O)[C@@H](N)CO)[C@@H](C)CC)[C@@H](C)O)[C@@H](C)CC)C(=O)O. The lowest BCUT2D eigenvalue weighted by Crippen LogP contribution is -2.63. The Hall–Kier alpha value is -5.95. The number of rotatable bonds is 31. The van der Waals surface area contributed by atoms with Crippen LogP contribution in [0, 0.1) is 23.7 Å². The van der Waals surface area contributed by atoms with Crippen molar-refractivity contribution in [1.29, 1.82) is 0 Å². The van der Waals surface area contributed by atoms with E-state index in [2.05, 4.69) is 37.2 Å². The van der Waals surface area contributed by atoms with Gasteiger partial charge in [-0.05, 0) is 37.0 Å². The first-order valence-corrected chi connectivity index (χ1v) is 21.8. The molecule has 0 aliphatic rings. The van der Waals surface area contributed by atoms with Crippen LogP contribution in [0.15, 0.2) is 0 Å². The standard InChI is InChI=1S/C41H71N9O16/c1-10-19(6)30(48-34(58)23(42)17-51)38(62)45-24(13-18(4)5)37(61)50-33(22(9)52)40(64)49-31(20(7)11-2)39(63)46-26(15-29(56)57)36(60)44-25(14-28(54)55)35(59)43-16-27(53)47-32(41(65)66)21(8)12-3/h18-26,30-33,51-52H,10-17,42H2,1-9H3,(H,43,59)(H,44,60)(H,45,62)(H,46,63)(H,47,53)(H,48,58)(H,49,64)(H,50,61)(H,54,55)(H,56,57)(H,65,66)/t19-,20-,21-,22+,23-,24-,25-,26-,30-,31-,32-,33-/m0/s1. The molecule has 25 heteroatoms. The van der Waals surface area contributed by atoms with Crippen LogP contribution in [0.1, 0.15) is 101 Å². The van der Waals surface area contributed by atoms with E-state index in [1.165, 1.54) is 6.92 Å². The minimum Gasteiger partial charge on any atom is -0.481 e. The highest BCUT2D eigenvalue weighted by atomic mass is 16.4. The number of amides is 8. The maximum absolute atomic E-state index is 13.8. The summed E-state index contributed by atoms with van der Waals surface area (Å²) in [5.74, 6) is -14.8. The zero-order valence-corrected chi connectivity index (χ0v) is 39.0. The van der Waals surface area contributed by atoms with Crippen molar-refractivity contribution in [2.24, 2.45) is 29.4 Å². The fourth-order valence-electron chi connectivity index (χ4n) is 6.11. The molecule has 12 atom stereocenters. The molecular weight excluding hydrogens is 874 g/mol. The first kappa shape index (κ1) is 60.1. The summed E-state index contributed by atoms with van der Waals surface area (Å²) in [6.07, 6.45) is -2.81. The van der Waals surface area contributed by atoms with Crippen LogP contribution in [0.25, 0.3) is 0 Å². The summed E-state index contributed by atoms with van der Waals surface area (Å²) in [4.78, 5) is 141. The van der Waals surface area contributed by atoms with E-state index in [9.17, 15) is 78.3 Å². The van der Waals surface area contributed by atoms with E-state index in [1.807, 2.05) is 5.32 Å². The van der Waals surface area contributed by atoms with E-state index < -0.39 is 163 Å². The van der Waals surface area contributed by atoms with Crippen molar-refractivity contribution in [1.82, 2.24) is 42.5 Å². The van der Waals surface area contributed by atoms with E-state index in [4.69, 9.17) is 5.73 Å². The second kappa shape index (κ2) is 29.6. The highest BCUT2D eigenvalue weighted by Crippen LogP contribution is 2.14. The summed E-state index contributed by atoms with van der Waals surface area (Å²) >= 11 is 0. The highest BCUT2D eigenvalue weighted by Gasteiger charge is 2.38. The van der Waals surface area contributed by atoms with E-state index in [0.717, 1.165) is 6.92 Å². The molecule has 66 heavy (non-hydrogen) atoms. The van der Waals surface area contributed by atoms with Crippen molar-refractivity contribution < 1.29 is 78.3 Å². The van der Waals surface area contributed by atoms with Gasteiger partial charge < -0.3 is 73.8 Å². The second-order valence-corrected chi connectivity index (χ2v) is 16.8. The van der Waals surface area contributed by atoms with Gasteiger partial charge in [0.05, 0.1) is 32.1 Å². The molecule has 0 aliphatic carbocycles. The van der Waals surface area contributed by atoms with Crippen LogP contribution in [0.5, 0.6) is 0 Å². The van der Waals surface area contributed by atoms with Crippen molar-refractivity contribution in [2.45, 2.75) is 155 Å². The van der Waals surface area contributed by atoms with Crippen molar-refractivity contribution in [3.63, 3.8) is 0 Å². The van der Waals surface area contributed by atoms with Crippen LogP contribution in [-0.2, 0) is 52.7 Å². The Kier molecular flexibility index (Phi) is 26.9. The van der Waals surface area contributed by atoms with E-state index in [-0.39, 0.29) is 18.8 Å². The summed E-state index contributed by atoms with van der Waals surface area (Å²) < 4.78 is 0. The third-order valence-corrected chi connectivity index (χ3v) is 10.8. The lowest BCUT2D eigenvalue weighted by molar-refractivity contribution is -0.144. The minimum atomic E-state index is -1.99. The Bertz CT molecular complexity index is 1710. The van der Waals surface area contributed by atoms with Crippen LogP contribution >= 0.6 is 0 Å². The first-order valence-electron chi connectivity index (χ1n) is 21.8. The molecule has 0 aromatic rings. The number of carbonyl (C=O) groups is 11. The van der Waals surface area contributed by atoms with Crippen molar-refractivity contribution >= 4 is 65.2 Å². The summed E-state index contributed by atoms with van der Waals surface area (Å²) in [6, 6.07) is -12.4. The van der Waals surface area contributed by atoms with E-state index >= 15 is 0 Å². The van der Waals surface area contributed by atoms with Gasteiger partial charge in [0.25, 0.3) is 0 Å². The number of hydrogen-bond donors (Lipinski definition) is 14. The normalized spacial score (nSPS) is 16.6. The first-order chi connectivity index (χ1) is 30.6. The molecule has 25 nitrogen and oxygen atoms in total. The van der Waals surface area contributed by atoms with Crippen LogP contribution in [-0.4, -0.2) is 158 Å². The number of hydrogen-bond acceptors (Lipinski definition) is 14. The molecule has 0 rings (SSSR count). The zero-order chi connectivity index (χ0) is 51.2. The number of aliphatic hydroxyl groups is 2. The Morgan fingerprint density at radius 1 is 0.485 bits per heavy atom. The van der Waals surface area contributed by atoms with Gasteiger partial charge in [-0.3, -0.25) is 47.9 Å². The van der Waals surface area contributed by atoms with Crippen LogP contribution in [0.4, 0.5) is 0 Å². The molecule has 0 aliphatic heterocycles. The van der Waals surface area contributed by atoms with Crippen molar-refractivity contribution in [3.05, 3.63) is 0 Å². The molecular formula is C41H71N9O16. The number of carboxylic acids is 3. The van der Waals surface area contributed by atoms with Gasteiger partial charge in [-0.1, -0.05) is 74.7 Å². The summed E-state index contributed by atoms with van der Waals surface area (Å²) in [5, 5.41) is 66.9. The lowest BCUT2D eigenvalue weighted by Gasteiger charge is -2.31. The van der Waals surface area contributed by atoms with Gasteiger partial charge in [-0.2, -0.15) is 0 Å². The fourth-order valence-corrected chi connectivity index (χ4v) is 6.11. The quantitative estimate of drug-likeness (QED) is 0.0319. The molecule has 0 fully saturated rings. The molecule has 376 valence electrons. The predicted octanol–water partition coefficient (Wildman–Crippen LogP) is -3.59. The monoisotopic (exact) mass is 946 g/mol. The summed E-state index contributed by atoms with van der Waals surface area (Å²) in [6.45, 7) is 12.9. The van der Waals surface area contributed by atoms with Crippen LogP contribution < -0.4 is 48.3 Å². The topological polar surface area (TPSA) is 411 Å². The van der Waals surface area contributed by atoms with Gasteiger partial charge in [0.15, 0.2) is 0 Å². The van der Waals surface area contributed by atoms with Gasteiger partial charge in [0.1, 0.15) is 48.3 Å². The number of carboxylic acid groups (broad SMARTS) is 3. The maximum Gasteiger partial charge on any atom is 0.326 e. The van der Waals surface area contributed by atoms with Crippen LogP contribution in [0.3, 0.4) is 0 Å². The number of aliphatic hydroxyl groups excluding tert-OH is 2. The number of aliphatic carboxylic acids is 3. The largest absolute Gasteiger partial charge is 0.481 e. The smallest absolute Gasteiger partial charge is 0.326 e. The van der Waals surface area contributed by atoms with Crippen molar-refractivity contribution in [2.75, 3.05) is 13.2 Å². The Morgan fingerprint density at radius 2 is 0.864 bits per heavy atom.